The Morgan fingerprint density at radius 3 is 2.00 bits per heavy atom. The fourth-order valence-corrected chi connectivity index (χ4v) is 5.83. The summed E-state index contributed by atoms with van der Waals surface area (Å²) >= 11 is 0. The van der Waals surface area contributed by atoms with E-state index in [1.54, 1.807) is 4.57 Å². The number of nitrogens with zero attached hydrogens (tertiary/aromatic N) is 3. The van der Waals surface area contributed by atoms with Crippen molar-refractivity contribution >= 4 is 16.8 Å². The topological polar surface area (TPSA) is 64.4 Å². The van der Waals surface area contributed by atoms with Crippen LogP contribution < -0.4 is 10.3 Å². The quantitative estimate of drug-likeness (QED) is 0.116. The highest BCUT2D eigenvalue weighted by Crippen LogP contribution is 2.26. The molecule has 1 aromatic heterocycles. The molecule has 0 bridgehead atoms. The van der Waals surface area contributed by atoms with Gasteiger partial charge in [-0.25, -0.2) is 4.98 Å². The van der Waals surface area contributed by atoms with Crippen LogP contribution in [0.3, 0.4) is 0 Å². The summed E-state index contributed by atoms with van der Waals surface area (Å²) in [6, 6.07) is 14.7. The minimum atomic E-state index is -0.346. The first kappa shape index (κ1) is 34.3. The number of hydrogen-bond acceptors (Lipinski definition) is 4. The second kappa shape index (κ2) is 19.2. The summed E-state index contributed by atoms with van der Waals surface area (Å²) in [5.41, 5.74) is 1.26. The monoisotopic (exact) mass is 589 g/mol. The first-order chi connectivity index (χ1) is 21.0. The van der Waals surface area contributed by atoms with E-state index in [1.807, 2.05) is 67.3 Å². The summed E-state index contributed by atoms with van der Waals surface area (Å²) < 4.78 is 7.32. The Morgan fingerprint density at radius 2 is 1.37 bits per heavy atom. The lowest BCUT2D eigenvalue weighted by Gasteiger charge is -2.31. The Bertz CT molecular complexity index is 1280. The highest BCUT2D eigenvalue weighted by atomic mass is 16.5. The Morgan fingerprint density at radius 1 is 0.791 bits per heavy atom. The molecule has 0 saturated carbocycles. The summed E-state index contributed by atoms with van der Waals surface area (Å²) in [5, 5.41) is 0.567. The Hall–Kier alpha value is -3.15. The van der Waals surface area contributed by atoms with Gasteiger partial charge in [0.25, 0.3) is 5.56 Å². The molecule has 6 heteroatoms. The molecule has 1 heterocycles. The van der Waals surface area contributed by atoms with Gasteiger partial charge in [-0.05, 0) is 63.1 Å². The van der Waals surface area contributed by atoms with Gasteiger partial charge in [-0.15, -0.1) is 0 Å². The third-order valence-corrected chi connectivity index (χ3v) is 8.37. The molecule has 0 saturated heterocycles. The zero-order chi connectivity index (χ0) is 30.9. The highest BCUT2D eigenvalue weighted by Gasteiger charge is 2.26. The van der Waals surface area contributed by atoms with E-state index in [0.717, 1.165) is 43.5 Å². The molecule has 1 unspecified atom stereocenters. The number of aromatic nitrogens is 2. The fraction of sp³-hybridized carbons (Fsp3) is 0.595. The van der Waals surface area contributed by atoms with Crippen LogP contribution in [0.15, 0.2) is 53.3 Å². The molecule has 3 aromatic rings. The summed E-state index contributed by atoms with van der Waals surface area (Å²) in [4.78, 5) is 34.6. The number of fused-ring (bicyclic) bond motifs is 1. The van der Waals surface area contributed by atoms with Gasteiger partial charge >= 0.3 is 0 Å². The van der Waals surface area contributed by atoms with E-state index in [4.69, 9.17) is 9.72 Å². The maximum atomic E-state index is 13.9. The molecule has 236 valence electrons. The number of benzene rings is 2. The molecular weight excluding hydrogens is 534 g/mol. The van der Waals surface area contributed by atoms with E-state index in [1.165, 1.54) is 57.8 Å². The van der Waals surface area contributed by atoms with Gasteiger partial charge in [-0.1, -0.05) is 103 Å². The van der Waals surface area contributed by atoms with Crippen LogP contribution >= 0.6 is 0 Å². The predicted octanol–water partition coefficient (Wildman–Crippen LogP) is 9.57. The number of carbonyl (C=O) groups excluding carboxylic acids is 1. The van der Waals surface area contributed by atoms with Crippen molar-refractivity contribution in [3.8, 4) is 11.4 Å². The van der Waals surface area contributed by atoms with Crippen LogP contribution in [0.5, 0.6) is 5.75 Å². The van der Waals surface area contributed by atoms with Crippen LogP contribution in [-0.4, -0.2) is 33.5 Å². The van der Waals surface area contributed by atoms with E-state index in [-0.39, 0.29) is 17.5 Å². The van der Waals surface area contributed by atoms with E-state index < -0.39 is 0 Å². The minimum absolute atomic E-state index is 0.122. The maximum absolute atomic E-state index is 13.9. The molecular formula is C37H55N3O3. The lowest BCUT2D eigenvalue weighted by atomic mass is 10.0. The van der Waals surface area contributed by atoms with Crippen molar-refractivity contribution in [1.82, 2.24) is 14.5 Å². The number of carbonyl (C=O) groups is 1. The zero-order valence-corrected chi connectivity index (χ0v) is 27.3. The van der Waals surface area contributed by atoms with E-state index >= 15 is 0 Å². The first-order valence-corrected chi connectivity index (χ1v) is 17.1. The molecule has 3 rings (SSSR count). The van der Waals surface area contributed by atoms with E-state index in [9.17, 15) is 9.59 Å². The van der Waals surface area contributed by atoms with Gasteiger partial charge in [0.15, 0.2) is 0 Å². The van der Waals surface area contributed by atoms with Crippen LogP contribution in [0.2, 0.25) is 0 Å². The molecule has 0 aliphatic heterocycles. The van der Waals surface area contributed by atoms with Crippen LogP contribution in [0, 0.1) is 0 Å². The third kappa shape index (κ3) is 10.5. The van der Waals surface area contributed by atoms with Crippen molar-refractivity contribution in [3.63, 3.8) is 0 Å². The number of ether oxygens (including phenoxy) is 1. The maximum Gasteiger partial charge on any atom is 0.266 e. The predicted molar refractivity (Wildman–Crippen MR) is 179 cm³/mol. The summed E-state index contributed by atoms with van der Waals surface area (Å²) in [5.74, 6) is 1.50. The Kier molecular flexibility index (Phi) is 15.3. The summed E-state index contributed by atoms with van der Waals surface area (Å²) in [6.07, 6.45) is 17.5. The Balaban J connectivity index is 1.75. The molecule has 6 nitrogen and oxygen atoms in total. The van der Waals surface area contributed by atoms with Crippen molar-refractivity contribution in [2.45, 2.75) is 130 Å². The smallest absolute Gasteiger partial charge is 0.266 e. The molecule has 0 fully saturated rings. The van der Waals surface area contributed by atoms with Crippen molar-refractivity contribution in [1.29, 1.82) is 0 Å². The van der Waals surface area contributed by atoms with Gasteiger partial charge in [0, 0.05) is 13.0 Å². The average Bonchev–Trinajstić information content (AvgIpc) is 3.02. The van der Waals surface area contributed by atoms with E-state index in [0.29, 0.717) is 36.3 Å². The zero-order valence-electron chi connectivity index (χ0n) is 27.3. The van der Waals surface area contributed by atoms with Gasteiger partial charge < -0.3 is 9.64 Å². The largest absolute Gasteiger partial charge is 0.494 e. The van der Waals surface area contributed by atoms with Crippen molar-refractivity contribution in [2.24, 2.45) is 0 Å². The van der Waals surface area contributed by atoms with Crippen LogP contribution in [0.25, 0.3) is 16.6 Å². The molecule has 0 N–H and O–H groups in total. The molecule has 1 atom stereocenters. The number of unbranched alkanes of at least 4 members (excludes halogenated alkanes) is 12. The summed E-state index contributed by atoms with van der Waals surface area (Å²) in [6.45, 7) is 9.65. The van der Waals surface area contributed by atoms with Crippen molar-refractivity contribution in [2.75, 3.05) is 13.2 Å². The van der Waals surface area contributed by atoms with Gasteiger partial charge in [-0.2, -0.15) is 0 Å². The highest BCUT2D eigenvalue weighted by molar-refractivity contribution is 5.79. The Labute approximate surface area is 259 Å². The minimum Gasteiger partial charge on any atom is -0.494 e. The molecule has 1 amide bonds. The second-order valence-corrected chi connectivity index (χ2v) is 11.8. The molecule has 0 spiro atoms. The van der Waals surface area contributed by atoms with Crippen molar-refractivity contribution < 1.29 is 9.53 Å². The molecule has 0 aliphatic carbocycles. The van der Waals surface area contributed by atoms with Crippen LogP contribution in [-0.2, 0) is 4.79 Å². The summed E-state index contributed by atoms with van der Waals surface area (Å²) in [7, 11) is 0. The van der Waals surface area contributed by atoms with Gasteiger partial charge in [-0.3, -0.25) is 14.2 Å². The first-order valence-electron chi connectivity index (χ1n) is 17.1. The van der Waals surface area contributed by atoms with Gasteiger partial charge in [0.1, 0.15) is 11.6 Å². The molecule has 0 aliphatic rings. The number of para-hydroxylation sites is 1. The average molecular weight is 590 g/mol. The van der Waals surface area contributed by atoms with Crippen LogP contribution in [0.4, 0.5) is 0 Å². The van der Waals surface area contributed by atoms with Crippen LogP contribution in [0.1, 0.15) is 136 Å². The van der Waals surface area contributed by atoms with Crippen molar-refractivity contribution in [3.05, 3.63) is 64.7 Å². The molecule has 43 heavy (non-hydrogen) atoms. The number of hydrogen-bond donors (Lipinski definition) is 0. The van der Waals surface area contributed by atoms with E-state index in [2.05, 4.69) is 13.8 Å². The molecule has 0 radical (unpaired) electrons. The lowest BCUT2D eigenvalue weighted by Crippen LogP contribution is -2.38. The third-order valence-electron chi connectivity index (χ3n) is 8.37. The standard InChI is InChI=1S/C37H55N3O3/c1-5-8-10-11-12-13-14-15-16-17-18-24-35(41)39(29-21-9-6-2)30(4)36-38-34-23-20-19-22-33(34)37(42)40(36)31-25-27-32(28-26-31)43-7-3/h19-20,22-23,25-28,30H,5-18,21,24,29H2,1-4H3. The lowest BCUT2D eigenvalue weighted by molar-refractivity contribution is -0.133. The van der Waals surface area contributed by atoms with Gasteiger partial charge in [0.2, 0.25) is 5.91 Å². The second-order valence-electron chi connectivity index (χ2n) is 11.8. The van der Waals surface area contributed by atoms with Gasteiger partial charge in [0.05, 0.1) is 29.2 Å². The number of amides is 1. The molecule has 2 aromatic carbocycles. The fourth-order valence-electron chi connectivity index (χ4n) is 5.83. The normalized spacial score (nSPS) is 12.0. The number of rotatable bonds is 21. The SMILES string of the molecule is CCCCCCCCCCCCCC(=O)N(CCCCC)C(C)c1nc2ccccc2c(=O)n1-c1ccc(OCC)cc1.